The first-order chi connectivity index (χ1) is 8.61. The number of nitrogens with zero attached hydrogens (tertiary/aromatic N) is 1. The molecule has 0 bridgehead atoms. The van der Waals surface area contributed by atoms with Crippen LogP contribution >= 0.6 is 23.1 Å². The van der Waals surface area contributed by atoms with Crippen LogP contribution < -0.4 is 5.73 Å². The molecular weight excluding hydrogens is 260 g/mol. The van der Waals surface area contributed by atoms with E-state index in [1.165, 1.54) is 35.7 Å². The normalized spacial score (nSPS) is 22.0. The van der Waals surface area contributed by atoms with E-state index in [-0.39, 0.29) is 6.04 Å². The summed E-state index contributed by atoms with van der Waals surface area (Å²) in [5, 5.41) is 0.847. The quantitative estimate of drug-likeness (QED) is 0.920. The lowest BCUT2D eigenvalue weighted by molar-refractivity contribution is 0.151. The Bertz CT molecular complexity index is 368. The minimum atomic E-state index is 0.203. The highest BCUT2D eigenvalue weighted by molar-refractivity contribution is 7.99. The van der Waals surface area contributed by atoms with Crippen molar-refractivity contribution >= 4 is 23.1 Å². The molecule has 0 spiro atoms. The molecule has 1 aliphatic heterocycles. The summed E-state index contributed by atoms with van der Waals surface area (Å²) in [6.07, 6.45) is 4.83. The summed E-state index contributed by atoms with van der Waals surface area (Å²) in [6.45, 7) is 6.69. The van der Waals surface area contributed by atoms with Crippen molar-refractivity contribution in [2.75, 3.05) is 19.3 Å². The van der Waals surface area contributed by atoms with Gasteiger partial charge in [-0.05, 0) is 58.2 Å². The number of thiophene rings is 1. The Balaban J connectivity index is 2.07. The van der Waals surface area contributed by atoms with Crippen molar-refractivity contribution in [1.29, 1.82) is 0 Å². The van der Waals surface area contributed by atoms with Crippen LogP contribution in [0.25, 0.3) is 0 Å². The monoisotopic (exact) mass is 284 g/mol. The number of likely N-dealkylation sites (tertiary alicyclic amines) is 1. The summed E-state index contributed by atoms with van der Waals surface area (Å²) in [4.78, 5) is 5.41. The molecule has 102 valence electrons. The fraction of sp³-hybridized carbons (Fsp3) is 0.714. The van der Waals surface area contributed by atoms with Crippen molar-refractivity contribution in [2.24, 2.45) is 5.73 Å². The molecule has 18 heavy (non-hydrogen) atoms. The number of aryl methyl sites for hydroxylation is 1. The zero-order chi connectivity index (χ0) is 13.1. The Morgan fingerprint density at radius 2 is 2.06 bits per heavy atom. The molecular formula is C14H24N2S2. The Kier molecular flexibility index (Phi) is 5.13. The van der Waals surface area contributed by atoms with Gasteiger partial charge in [-0.25, -0.2) is 0 Å². The summed E-state index contributed by atoms with van der Waals surface area (Å²) in [7, 11) is 0. The van der Waals surface area contributed by atoms with Gasteiger partial charge in [0.1, 0.15) is 0 Å². The van der Waals surface area contributed by atoms with Gasteiger partial charge in [0.2, 0.25) is 0 Å². The van der Waals surface area contributed by atoms with Crippen molar-refractivity contribution in [3.05, 3.63) is 21.9 Å². The second-order valence-electron chi connectivity index (χ2n) is 5.22. The molecule has 2 unspecified atom stereocenters. The minimum Gasteiger partial charge on any atom is -0.326 e. The molecule has 0 aliphatic carbocycles. The Hall–Kier alpha value is -0.0300. The van der Waals surface area contributed by atoms with Crippen molar-refractivity contribution in [1.82, 2.24) is 4.90 Å². The lowest BCUT2D eigenvalue weighted by atomic mass is 10.0. The second-order valence-corrected chi connectivity index (χ2v) is 7.68. The third-order valence-electron chi connectivity index (χ3n) is 3.75. The van der Waals surface area contributed by atoms with Gasteiger partial charge in [0.25, 0.3) is 0 Å². The van der Waals surface area contributed by atoms with Gasteiger partial charge in [0.05, 0.1) is 6.04 Å². The minimum absolute atomic E-state index is 0.203. The van der Waals surface area contributed by atoms with Crippen LogP contribution in [0.4, 0.5) is 0 Å². The highest BCUT2D eigenvalue weighted by atomic mass is 32.2. The number of nitrogens with two attached hydrogens (primary N) is 1. The Morgan fingerprint density at radius 3 is 2.50 bits per heavy atom. The third-order valence-corrected chi connectivity index (χ3v) is 5.96. The van der Waals surface area contributed by atoms with Gasteiger partial charge >= 0.3 is 0 Å². The van der Waals surface area contributed by atoms with Gasteiger partial charge in [0.15, 0.2) is 0 Å². The molecule has 0 radical (unpaired) electrons. The van der Waals surface area contributed by atoms with Gasteiger partial charge in [-0.2, -0.15) is 11.8 Å². The van der Waals surface area contributed by atoms with Gasteiger partial charge in [-0.3, -0.25) is 4.90 Å². The molecule has 1 aromatic heterocycles. The Labute approximate surface area is 119 Å². The van der Waals surface area contributed by atoms with Crippen molar-refractivity contribution in [3.63, 3.8) is 0 Å². The predicted molar refractivity (Wildman–Crippen MR) is 83.6 cm³/mol. The summed E-state index contributed by atoms with van der Waals surface area (Å²) >= 11 is 3.91. The van der Waals surface area contributed by atoms with E-state index < -0.39 is 0 Å². The number of rotatable bonds is 4. The number of hydrogen-bond acceptors (Lipinski definition) is 4. The maximum absolute atomic E-state index is 6.24. The van der Waals surface area contributed by atoms with E-state index in [1.54, 1.807) is 0 Å². The van der Waals surface area contributed by atoms with Crippen LogP contribution in [0.5, 0.6) is 0 Å². The largest absolute Gasteiger partial charge is 0.326 e. The molecule has 2 rings (SSSR count). The van der Waals surface area contributed by atoms with Crippen molar-refractivity contribution < 1.29 is 0 Å². The highest BCUT2D eigenvalue weighted by Crippen LogP contribution is 2.33. The number of hydrogen-bond donors (Lipinski definition) is 1. The maximum atomic E-state index is 6.24. The molecule has 0 amide bonds. The topological polar surface area (TPSA) is 29.3 Å². The molecule has 1 fully saturated rings. The molecule has 2 N–H and O–H groups in total. The molecule has 1 saturated heterocycles. The highest BCUT2D eigenvalue weighted by Gasteiger charge is 2.28. The molecule has 1 aliphatic rings. The standard InChI is InChI=1S/C14H24N2S2/c1-10-4-5-13(18-10)14(11(2)15)16-8-6-12(17-3)7-9-16/h4-5,11-12,14H,6-9,15H2,1-3H3. The smallest absolute Gasteiger partial charge is 0.0590 e. The van der Waals surface area contributed by atoms with Gasteiger partial charge in [-0.15, -0.1) is 11.3 Å². The van der Waals surface area contributed by atoms with Crippen molar-refractivity contribution in [2.45, 2.75) is 44.0 Å². The summed E-state index contributed by atoms with van der Waals surface area (Å²) in [5.74, 6) is 0. The molecule has 0 aromatic carbocycles. The molecule has 4 heteroatoms. The maximum Gasteiger partial charge on any atom is 0.0590 e. The average molecular weight is 284 g/mol. The zero-order valence-corrected chi connectivity index (χ0v) is 13.2. The molecule has 2 nitrogen and oxygen atoms in total. The SMILES string of the molecule is CSC1CCN(C(c2ccc(C)s2)C(C)N)CC1. The van der Waals surface area contributed by atoms with Crippen LogP contribution in [-0.2, 0) is 0 Å². The lowest BCUT2D eigenvalue weighted by Crippen LogP contribution is -2.43. The van der Waals surface area contributed by atoms with Crippen LogP contribution in [-0.4, -0.2) is 35.5 Å². The van der Waals surface area contributed by atoms with E-state index in [4.69, 9.17) is 5.73 Å². The summed E-state index contributed by atoms with van der Waals surface area (Å²) in [6, 6.07) is 5.08. The molecule has 2 heterocycles. The van der Waals surface area contributed by atoms with Gasteiger partial charge in [0, 0.05) is 21.0 Å². The lowest BCUT2D eigenvalue weighted by Gasteiger charge is -2.38. The van der Waals surface area contributed by atoms with Crippen LogP contribution in [0.1, 0.15) is 35.6 Å². The zero-order valence-electron chi connectivity index (χ0n) is 11.6. The Morgan fingerprint density at radius 1 is 1.39 bits per heavy atom. The average Bonchev–Trinajstić information content (AvgIpc) is 2.76. The first-order valence-electron chi connectivity index (χ1n) is 6.70. The van der Waals surface area contributed by atoms with E-state index in [9.17, 15) is 0 Å². The first kappa shape index (κ1) is 14.4. The van der Waals surface area contributed by atoms with E-state index in [0.29, 0.717) is 6.04 Å². The number of piperidine rings is 1. The predicted octanol–water partition coefficient (Wildman–Crippen LogP) is 3.27. The third kappa shape index (κ3) is 3.29. The fourth-order valence-electron chi connectivity index (χ4n) is 2.77. The molecule has 1 aromatic rings. The summed E-state index contributed by atoms with van der Waals surface area (Å²) < 4.78 is 0. The van der Waals surface area contributed by atoms with Gasteiger partial charge in [-0.1, -0.05) is 0 Å². The van der Waals surface area contributed by atoms with Gasteiger partial charge < -0.3 is 5.73 Å². The van der Waals surface area contributed by atoms with E-state index >= 15 is 0 Å². The molecule has 2 atom stereocenters. The molecule has 0 saturated carbocycles. The van der Waals surface area contributed by atoms with Crippen molar-refractivity contribution in [3.8, 4) is 0 Å². The van der Waals surface area contributed by atoms with E-state index in [2.05, 4.69) is 37.1 Å². The van der Waals surface area contributed by atoms with Crippen LogP contribution in [0.15, 0.2) is 12.1 Å². The van der Waals surface area contributed by atoms with E-state index in [0.717, 1.165) is 5.25 Å². The number of thioether (sulfide) groups is 1. The fourth-order valence-corrected chi connectivity index (χ4v) is 4.58. The second kappa shape index (κ2) is 6.42. The summed E-state index contributed by atoms with van der Waals surface area (Å²) in [5.41, 5.74) is 6.24. The van der Waals surface area contributed by atoms with Crippen LogP contribution in [0.3, 0.4) is 0 Å². The van der Waals surface area contributed by atoms with Crippen LogP contribution in [0, 0.1) is 6.92 Å². The first-order valence-corrected chi connectivity index (χ1v) is 8.81. The van der Waals surface area contributed by atoms with Crippen LogP contribution in [0.2, 0.25) is 0 Å². The van der Waals surface area contributed by atoms with E-state index in [1.807, 2.05) is 23.1 Å².